The van der Waals surface area contributed by atoms with E-state index in [4.69, 9.17) is 5.26 Å². The number of hydrogen-bond acceptors (Lipinski definition) is 3. The standard InChI is InChI=1S/C14H16N4/c15-11-13-3-5-14(6-4-13)17-7-1-2-9-18-10-8-16-12-18/h3-6,8,10,12,17H,1-2,7,9H2. The first-order valence-corrected chi connectivity index (χ1v) is 6.08. The number of nitrogens with zero attached hydrogens (tertiary/aromatic N) is 3. The van der Waals surface area contributed by atoms with E-state index in [1.54, 1.807) is 6.20 Å². The highest BCUT2D eigenvalue weighted by molar-refractivity contribution is 5.46. The van der Waals surface area contributed by atoms with Gasteiger partial charge in [-0.05, 0) is 37.1 Å². The minimum atomic E-state index is 0.695. The summed E-state index contributed by atoms with van der Waals surface area (Å²) >= 11 is 0. The van der Waals surface area contributed by atoms with E-state index in [1.165, 1.54) is 0 Å². The number of anilines is 1. The number of imidazole rings is 1. The number of aryl methyl sites for hydroxylation is 1. The molecule has 0 unspecified atom stereocenters. The van der Waals surface area contributed by atoms with Gasteiger partial charge in [-0.2, -0.15) is 5.26 Å². The maximum atomic E-state index is 8.69. The number of unbranched alkanes of at least 4 members (excludes halogenated alkanes) is 1. The highest BCUT2D eigenvalue weighted by Gasteiger charge is 1.94. The smallest absolute Gasteiger partial charge is 0.0991 e. The van der Waals surface area contributed by atoms with Gasteiger partial charge < -0.3 is 9.88 Å². The van der Waals surface area contributed by atoms with E-state index in [9.17, 15) is 0 Å². The van der Waals surface area contributed by atoms with Gasteiger partial charge in [-0.25, -0.2) is 4.98 Å². The highest BCUT2D eigenvalue weighted by atomic mass is 15.0. The Morgan fingerprint density at radius 3 is 2.72 bits per heavy atom. The molecule has 0 bridgehead atoms. The fraction of sp³-hybridized carbons (Fsp3) is 0.286. The van der Waals surface area contributed by atoms with Crippen LogP contribution in [-0.2, 0) is 6.54 Å². The van der Waals surface area contributed by atoms with Gasteiger partial charge in [0, 0.05) is 31.2 Å². The summed E-state index contributed by atoms with van der Waals surface area (Å²) in [5.74, 6) is 0. The predicted octanol–water partition coefficient (Wildman–Crippen LogP) is 2.65. The summed E-state index contributed by atoms with van der Waals surface area (Å²) in [6.07, 6.45) is 7.86. The lowest BCUT2D eigenvalue weighted by Gasteiger charge is -2.06. The van der Waals surface area contributed by atoms with E-state index in [-0.39, 0.29) is 0 Å². The first-order valence-electron chi connectivity index (χ1n) is 6.08. The summed E-state index contributed by atoms with van der Waals surface area (Å²) < 4.78 is 2.09. The molecule has 0 atom stereocenters. The molecule has 92 valence electrons. The van der Waals surface area contributed by atoms with Crippen molar-refractivity contribution in [2.24, 2.45) is 0 Å². The summed E-state index contributed by atoms with van der Waals surface area (Å²) in [5, 5.41) is 12.0. The molecule has 18 heavy (non-hydrogen) atoms. The summed E-state index contributed by atoms with van der Waals surface area (Å²) in [6, 6.07) is 9.64. The van der Waals surface area contributed by atoms with Crippen molar-refractivity contribution < 1.29 is 0 Å². The molecule has 0 aliphatic heterocycles. The van der Waals surface area contributed by atoms with Gasteiger partial charge in [0.2, 0.25) is 0 Å². The Morgan fingerprint density at radius 2 is 2.06 bits per heavy atom. The maximum Gasteiger partial charge on any atom is 0.0991 e. The third-order valence-electron chi connectivity index (χ3n) is 2.75. The van der Waals surface area contributed by atoms with Crippen LogP contribution < -0.4 is 5.32 Å². The number of nitriles is 1. The Hall–Kier alpha value is -2.28. The fourth-order valence-electron chi connectivity index (χ4n) is 1.73. The molecule has 0 amide bonds. The maximum absolute atomic E-state index is 8.69. The lowest BCUT2D eigenvalue weighted by molar-refractivity contribution is 0.621. The molecule has 4 nitrogen and oxygen atoms in total. The van der Waals surface area contributed by atoms with Crippen LogP contribution in [0.15, 0.2) is 43.0 Å². The molecule has 0 radical (unpaired) electrons. The van der Waals surface area contributed by atoms with Crippen LogP contribution in [0.1, 0.15) is 18.4 Å². The van der Waals surface area contributed by atoms with Crippen molar-refractivity contribution in [3.8, 4) is 6.07 Å². The number of hydrogen-bond donors (Lipinski definition) is 1. The monoisotopic (exact) mass is 240 g/mol. The van der Waals surface area contributed by atoms with Crippen LogP contribution in [0.3, 0.4) is 0 Å². The van der Waals surface area contributed by atoms with Gasteiger partial charge in [-0.3, -0.25) is 0 Å². The molecule has 1 aromatic heterocycles. The molecule has 0 spiro atoms. The van der Waals surface area contributed by atoms with Crippen molar-refractivity contribution >= 4 is 5.69 Å². The van der Waals surface area contributed by atoms with Gasteiger partial charge in [-0.15, -0.1) is 0 Å². The Balaban J connectivity index is 1.64. The zero-order valence-corrected chi connectivity index (χ0v) is 10.2. The summed E-state index contributed by atoms with van der Waals surface area (Å²) in [6.45, 7) is 1.95. The Kier molecular flexibility index (Phi) is 4.37. The lowest BCUT2D eigenvalue weighted by atomic mass is 10.2. The second-order valence-electron chi connectivity index (χ2n) is 4.12. The predicted molar refractivity (Wildman–Crippen MR) is 71.1 cm³/mol. The van der Waals surface area contributed by atoms with Crippen LogP contribution >= 0.6 is 0 Å². The highest BCUT2D eigenvalue weighted by Crippen LogP contribution is 2.08. The second kappa shape index (κ2) is 6.45. The molecule has 1 N–H and O–H groups in total. The van der Waals surface area contributed by atoms with Crippen molar-refractivity contribution in [1.29, 1.82) is 5.26 Å². The minimum Gasteiger partial charge on any atom is -0.385 e. The molecule has 0 saturated heterocycles. The van der Waals surface area contributed by atoms with Crippen LogP contribution in [0.5, 0.6) is 0 Å². The molecule has 1 heterocycles. The summed E-state index contributed by atoms with van der Waals surface area (Å²) in [5.41, 5.74) is 1.76. The number of benzene rings is 1. The van der Waals surface area contributed by atoms with E-state index in [1.807, 2.05) is 36.8 Å². The van der Waals surface area contributed by atoms with Crippen LogP contribution in [0.2, 0.25) is 0 Å². The first-order chi connectivity index (χ1) is 8.88. The zero-order chi connectivity index (χ0) is 12.6. The van der Waals surface area contributed by atoms with Crippen molar-refractivity contribution in [3.05, 3.63) is 48.5 Å². The molecule has 2 rings (SSSR count). The molecular weight excluding hydrogens is 224 g/mol. The van der Waals surface area contributed by atoms with E-state index >= 15 is 0 Å². The average Bonchev–Trinajstić information content (AvgIpc) is 2.92. The van der Waals surface area contributed by atoms with E-state index < -0.39 is 0 Å². The zero-order valence-electron chi connectivity index (χ0n) is 10.2. The SMILES string of the molecule is N#Cc1ccc(NCCCCn2ccnc2)cc1. The number of nitrogens with one attached hydrogen (secondary N) is 1. The molecule has 1 aromatic carbocycles. The normalized spacial score (nSPS) is 9.94. The van der Waals surface area contributed by atoms with Gasteiger partial charge >= 0.3 is 0 Å². The van der Waals surface area contributed by atoms with Crippen molar-refractivity contribution in [2.45, 2.75) is 19.4 Å². The lowest BCUT2D eigenvalue weighted by Crippen LogP contribution is -2.03. The average molecular weight is 240 g/mol. The van der Waals surface area contributed by atoms with E-state index in [0.717, 1.165) is 31.6 Å². The molecule has 0 fully saturated rings. The largest absolute Gasteiger partial charge is 0.385 e. The number of rotatable bonds is 6. The van der Waals surface area contributed by atoms with Gasteiger partial charge in [0.25, 0.3) is 0 Å². The van der Waals surface area contributed by atoms with Gasteiger partial charge in [-0.1, -0.05) is 0 Å². The van der Waals surface area contributed by atoms with Crippen molar-refractivity contribution in [1.82, 2.24) is 9.55 Å². The van der Waals surface area contributed by atoms with E-state index in [2.05, 4.69) is 20.9 Å². The molecule has 4 heteroatoms. The van der Waals surface area contributed by atoms with Crippen LogP contribution in [0.25, 0.3) is 0 Å². The van der Waals surface area contributed by atoms with Gasteiger partial charge in [0.05, 0.1) is 18.0 Å². The molecule has 0 aliphatic carbocycles. The van der Waals surface area contributed by atoms with Crippen molar-refractivity contribution in [2.75, 3.05) is 11.9 Å². The Morgan fingerprint density at radius 1 is 1.22 bits per heavy atom. The molecule has 0 aliphatic rings. The van der Waals surface area contributed by atoms with Crippen LogP contribution in [-0.4, -0.2) is 16.1 Å². The van der Waals surface area contributed by atoms with Gasteiger partial charge in [0.1, 0.15) is 0 Å². The Labute approximate surface area is 107 Å². The van der Waals surface area contributed by atoms with Crippen molar-refractivity contribution in [3.63, 3.8) is 0 Å². The number of aromatic nitrogens is 2. The van der Waals surface area contributed by atoms with Crippen LogP contribution in [0, 0.1) is 11.3 Å². The third kappa shape index (κ3) is 3.63. The Bertz CT molecular complexity index is 494. The van der Waals surface area contributed by atoms with Crippen LogP contribution in [0.4, 0.5) is 5.69 Å². The molecule has 2 aromatic rings. The molecule has 0 saturated carbocycles. The first kappa shape index (κ1) is 12.2. The summed E-state index contributed by atoms with van der Waals surface area (Å²) in [7, 11) is 0. The van der Waals surface area contributed by atoms with Gasteiger partial charge in [0.15, 0.2) is 0 Å². The quantitative estimate of drug-likeness (QED) is 0.790. The topological polar surface area (TPSA) is 53.6 Å². The summed E-state index contributed by atoms with van der Waals surface area (Å²) in [4.78, 5) is 4.01. The third-order valence-corrected chi connectivity index (χ3v) is 2.75. The molecular formula is C14H16N4. The fourth-order valence-corrected chi connectivity index (χ4v) is 1.73. The minimum absolute atomic E-state index is 0.695. The second-order valence-corrected chi connectivity index (χ2v) is 4.12. The van der Waals surface area contributed by atoms with E-state index in [0.29, 0.717) is 5.56 Å².